The number of nitrogens with zero attached hydrogens (tertiary/aromatic N) is 3. The van der Waals surface area contributed by atoms with Crippen LogP contribution in [0.5, 0.6) is 5.75 Å². The van der Waals surface area contributed by atoms with Crippen LogP contribution in [0.3, 0.4) is 0 Å². The third-order valence-corrected chi connectivity index (χ3v) is 9.10. The number of carbonyl (C=O) groups excluding carboxylic acids is 5. The largest absolute Gasteiger partial charge is 0.489 e. The number of hydrogen-bond acceptors (Lipinski definition) is 14. The Kier molecular flexibility index (Phi) is 34.7. The zero-order valence-electron chi connectivity index (χ0n) is 35.6. The lowest BCUT2D eigenvalue weighted by atomic mass is 10.1. The summed E-state index contributed by atoms with van der Waals surface area (Å²) in [7, 11) is 13.0. The Hall–Kier alpha value is -5.06. The normalized spacial score (nSPS) is 11.6. The van der Waals surface area contributed by atoms with Crippen LogP contribution in [0.2, 0.25) is 0 Å². The van der Waals surface area contributed by atoms with Crippen molar-refractivity contribution < 1.29 is 33.4 Å². The molecule has 0 spiro atoms. The van der Waals surface area contributed by atoms with Gasteiger partial charge in [0.05, 0.1) is 23.1 Å². The summed E-state index contributed by atoms with van der Waals surface area (Å²) in [6.07, 6.45) is 2.76. The van der Waals surface area contributed by atoms with Crippen molar-refractivity contribution in [1.29, 1.82) is 0 Å². The average molecular weight is 875 g/mol. The first kappa shape index (κ1) is 57.3. The predicted octanol–water partition coefficient (Wildman–Crippen LogP) is 0.818. The summed E-state index contributed by atoms with van der Waals surface area (Å²) < 4.78 is 18.2. The summed E-state index contributed by atoms with van der Waals surface area (Å²) in [5.41, 5.74) is 0.412. The summed E-state index contributed by atoms with van der Waals surface area (Å²) >= 11 is 5.92. The Bertz CT molecular complexity index is 1700. The molecule has 7 N–H and O–H groups in total. The highest BCUT2D eigenvalue weighted by Crippen LogP contribution is 2.24. The highest BCUT2D eigenvalue weighted by molar-refractivity contribution is 8.12. The maximum Gasteiger partial charge on any atom is 0.268 e. The van der Waals surface area contributed by atoms with Crippen molar-refractivity contribution in [3.05, 3.63) is 43.0 Å². The van der Waals surface area contributed by atoms with E-state index in [1.807, 2.05) is 20.9 Å². The number of thiocarbonyl (C=S) groups is 1. The molecule has 1 aromatic heterocycles. The smallest absolute Gasteiger partial charge is 0.268 e. The Morgan fingerprint density at radius 1 is 0.810 bits per heavy atom. The van der Waals surface area contributed by atoms with Crippen LogP contribution in [-0.2, 0) is 23.9 Å². The second-order valence-electron chi connectivity index (χ2n) is 10.9. The Morgan fingerprint density at radius 2 is 1.33 bits per heavy atom. The van der Waals surface area contributed by atoms with E-state index in [-0.39, 0.29) is 42.2 Å². The van der Waals surface area contributed by atoms with Crippen molar-refractivity contribution >= 4 is 92.0 Å². The molecular formula is C36H62N10O9S3. The van der Waals surface area contributed by atoms with Gasteiger partial charge in [0, 0.05) is 85.0 Å². The Balaban J connectivity index is -0.000000634. The van der Waals surface area contributed by atoms with E-state index in [0.717, 1.165) is 23.7 Å². The summed E-state index contributed by atoms with van der Waals surface area (Å²) in [5, 5.41) is 19.8. The molecule has 0 fully saturated rings. The lowest BCUT2D eigenvalue weighted by molar-refractivity contribution is -0.125. The highest BCUT2D eigenvalue weighted by Gasteiger charge is 2.17. The third-order valence-electron chi connectivity index (χ3n) is 6.65. The fourth-order valence-corrected chi connectivity index (χ4v) is 5.11. The first-order valence-corrected chi connectivity index (χ1v) is 20.4. The van der Waals surface area contributed by atoms with E-state index >= 15 is 0 Å². The first-order chi connectivity index (χ1) is 27.4. The lowest BCUT2D eigenvalue weighted by Crippen LogP contribution is -2.35. The molecule has 22 heteroatoms. The van der Waals surface area contributed by atoms with Gasteiger partial charge in [-0.15, -0.1) is 11.3 Å². The number of amides is 5. The van der Waals surface area contributed by atoms with Crippen molar-refractivity contribution in [2.24, 2.45) is 8.80 Å². The molecule has 5 amide bonds. The van der Waals surface area contributed by atoms with Gasteiger partial charge in [-0.1, -0.05) is 0 Å². The predicted molar refractivity (Wildman–Crippen MR) is 242 cm³/mol. The van der Waals surface area contributed by atoms with E-state index in [0.29, 0.717) is 47.5 Å². The molecule has 1 unspecified atom stereocenters. The minimum Gasteiger partial charge on any atom is -0.489 e. The van der Waals surface area contributed by atoms with Gasteiger partial charge >= 0.3 is 0 Å². The van der Waals surface area contributed by atoms with Crippen molar-refractivity contribution in [1.82, 2.24) is 37.2 Å². The standard InChI is InChI=1S/C8H10N2O2S.C7H8O3.C6H12N2O2.C6H10N2OS.C6H14N2O.C3H8N2S/c1-9-8(12)6-3-4-7(13-6)10(2)5-11;1-3-10-7-4(2)5(8)6(7)9;1-7-5(9)3-4-6(10)8-2;1-4-9-6-5(2)7-10(3)8-6;1-7-5-3-4-6(9)8-2;1-4-3(6)5-2/h3-5H,1-2H3,(H,9,12);3H2,1-2H3;3-4H2,1-2H3,(H,7,9)(H,8,10);3-4H2,1-2H3;7H,3-5H2,1-2H3,(H,8,9);1-2H3,(H2,4,5,6). The lowest BCUT2D eigenvalue weighted by Gasteiger charge is -2.05. The molecule has 1 aliphatic rings. The number of nitrogens with one attached hydrogen (secondary N) is 7. The number of hydrogen-bond donors (Lipinski definition) is 7. The molecular weight excluding hydrogens is 813 g/mol. The van der Waals surface area contributed by atoms with Crippen molar-refractivity contribution in [3.8, 4) is 5.75 Å². The van der Waals surface area contributed by atoms with Crippen LogP contribution < -0.4 is 57.7 Å². The molecule has 0 radical (unpaired) electrons. The SMILES string of the molecule is C=S1N=C(C)C(OCC)=N1.CCOc1c(C)c(=O)c1=O.CNC(=O)CCC(=O)NC.CNC(=O)c1ccc(N(C)C=O)s1.CNC(=S)NC.CNCCCC(=O)NC. The quantitative estimate of drug-likeness (QED) is 0.0639. The zero-order chi connectivity index (χ0) is 45.2. The number of carbonyl (C=O) groups is 5. The maximum absolute atomic E-state index is 11.1. The Morgan fingerprint density at radius 3 is 1.69 bits per heavy atom. The minimum atomic E-state index is -0.487. The molecule has 1 atom stereocenters. The maximum atomic E-state index is 11.1. The van der Waals surface area contributed by atoms with Gasteiger partial charge in [-0.05, 0) is 77.9 Å². The van der Waals surface area contributed by atoms with Gasteiger partial charge in [-0.3, -0.25) is 33.6 Å². The van der Waals surface area contributed by atoms with Crippen LogP contribution in [0.4, 0.5) is 5.00 Å². The molecule has 2 heterocycles. The molecule has 58 heavy (non-hydrogen) atoms. The monoisotopic (exact) mass is 874 g/mol. The van der Waals surface area contributed by atoms with Gasteiger partial charge in [-0.25, -0.2) is 4.40 Å². The summed E-state index contributed by atoms with van der Waals surface area (Å²) in [6.45, 7) is 9.16. The van der Waals surface area contributed by atoms with Crippen LogP contribution in [0.1, 0.15) is 61.7 Å². The van der Waals surface area contributed by atoms with Gasteiger partial charge in [-0.2, -0.15) is 4.40 Å². The zero-order valence-corrected chi connectivity index (χ0v) is 38.1. The van der Waals surface area contributed by atoms with Crippen molar-refractivity contribution in [3.63, 3.8) is 0 Å². The van der Waals surface area contributed by atoms with Gasteiger partial charge in [0.15, 0.2) is 10.9 Å². The molecule has 0 saturated heterocycles. The summed E-state index contributed by atoms with van der Waals surface area (Å²) in [6, 6.07) is 3.43. The van der Waals surface area contributed by atoms with E-state index in [9.17, 15) is 33.6 Å². The topological polar surface area (TPSA) is 250 Å². The fraction of sp³-hybridized carbons (Fsp3) is 0.528. The third kappa shape index (κ3) is 26.0. The molecule has 1 aromatic carbocycles. The van der Waals surface area contributed by atoms with Gasteiger partial charge in [0.25, 0.3) is 11.3 Å². The second kappa shape index (κ2) is 35.1. The second-order valence-corrected chi connectivity index (χ2v) is 13.4. The van der Waals surface area contributed by atoms with Crippen molar-refractivity contribution in [2.75, 3.05) is 81.0 Å². The first-order valence-electron chi connectivity index (χ1n) is 17.8. The number of anilines is 1. The van der Waals surface area contributed by atoms with Gasteiger partial charge in [0.1, 0.15) is 5.71 Å². The minimum absolute atomic E-state index is 0.108. The van der Waals surface area contributed by atoms with Crippen LogP contribution in [-0.4, -0.2) is 129 Å². The molecule has 3 rings (SSSR count). The van der Waals surface area contributed by atoms with E-state index in [1.165, 1.54) is 16.2 Å². The molecule has 2 aromatic rings. The Labute approximate surface area is 353 Å². The number of thiophene rings is 1. The van der Waals surface area contributed by atoms with E-state index in [2.05, 4.69) is 64.1 Å². The fourth-order valence-electron chi connectivity index (χ4n) is 3.42. The summed E-state index contributed by atoms with van der Waals surface area (Å²) in [5.74, 6) is 4.36. The van der Waals surface area contributed by atoms with Gasteiger partial charge < -0.3 is 51.6 Å². The molecule has 19 nitrogen and oxygen atoms in total. The van der Waals surface area contributed by atoms with Crippen LogP contribution in [0.15, 0.2) is 30.5 Å². The molecule has 0 saturated carbocycles. The van der Waals surface area contributed by atoms with E-state index in [1.54, 1.807) is 75.3 Å². The number of rotatable bonds is 13. The molecule has 1 aliphatic heterocycles. The van der Waals surface area contributed by atoms with Gasteiger partial charge in [0.2, 0.25) is 35.5 Å². The summed E-state index contributed by atoms with van der Waals surface area (Å²) in [4.78, 5) is 76.4. The average Bonchev–Trinajstić information content (AvgIpc) is 3.87. The highest BCUT2D eigenvalue weighted by atomic mass is 32.2. The van der Waals surface area contributed by atoms with E-state index in [4.69, 9.17) is 9.47 Å². The molecule has 328 valence electrons. The van der Waals surface area contributed by atoms with E-state index < -0.39 is 21.7 Å². The van der Waals surface area contributed by atoms with Crippen molar-refractivity contribution in [2.45, 2.75) is 53.4 Å². The number of ether oxygens (including phenoxy) is 2. The van der Waals surface area contributed by atoms with Crippen LogP contribution >= 0.6 is 34.4 Å². The van der Waals surface area contributed by atoms with Crippen LogP contribution in [0, 0.1) is 6.92 Å². The molecule has 0 aliphatic carbocycles. The molecule has 0 bridgehead atoms. The van der Waals surface area contributed by atoms with Crippen LogP contribution in [0.25, 0.3) is 0 Å².